The maximum atomic E-state index is 12.7. The third kappa shape index (κ3) is 3.43. The summed E-state index contributed by atoms with van der Waals surface area (Å²) in [6.07, 6.45) is 4.45. The van der Waals surface area contributed by atoms with Gasteiger partial charge in [0.2, 0.25) is 5.91 Å². The van der Waals surface area contributed by atoms with Crippen LogP contribution in [0.1, 0.15) is 18.1 Å². The Morgan fingerprint density at radius 3 is 2.71 bits per heavy atom. The van der Waals surface area contributed by atoms with E-state index in [9.17, 15) is 4.79 Å². The fourth-order valence-electron chi connectivity index (χ4n) is 4.22. The van der Waals surface area contributed by atoms with Crippen molar-refractivity contribution in [3.63, 3.8) is 0 Å². The van der Waals surface area contributed by atoms with Gasteiger partial charge in [-0.25, -0.2) is 4.98 Å². The lowest BCUT2D eigenvalue weighted by molar-refractivity contribution is -0.132. The SMILES string of the molecule is CC1C(=O)N(C)CCN1c1nc2c(-c3cnn(C)c3)n[nH]c2cc1Cc1ccccc1. The van der Waals surface area contributed by atoms with Crippen LogP contribution in [0.5, 0.6) is 0 Å². The molecule has 1 fully saturated rings. The molecule has 1 N–H and O–H groups in total. The topological polar surface area (TPSA) is 82.9 Å². The van der Waals surface area contributed by atoms with Crippen LogP contribution in [-0.4, -0.2) is 61.9 Å². The number of aromatic nitrogens is 5. The summed E-state index contributed by atoms with van der Waals surface area (Å²) in [6, 6.07) is 12.2. The molecule has 1 aliphatic rings. The minimum Gasteiger partial charge on any atom is -0.343 e. The zero-order valence-corrected chi connectivity index (χ0v) is 17.9. The summed E-state index contributed by atoms with van der Waals surface area (Å²) in [5.41, 5.74) is 5.61. The van der Waals surface area contributed by atoms with Crippen molar-refractivity contribution >= 4 is 22.8 Å². The zero-order chi connectivity index (χ0) is 21.5. The van der Waals surface area contributed by atoms with Gasteiger partial charge in [-0.3, -0.25) is 14.6 Å². The molecule has 0 saturated carbocycles. The number of aryl methyl sites for hydroxylation is 1. The van der Waals surface area contributed by atoms with Gasteiger partial charge in [0.15, 0.2) is 0 Å². The Labute approximate surface area is 180 Å². The minimum absolute atomic E-state index is 0.110. The van der Waals surface area contributed by atoms with E-state index in [1.165, 1.54) is 5.56 Å². The number of hydrogen-bond donors (Lipinski definition) is 1. The monoisotopic (exact) mass is 415 g/mol. The number of benzene rings is 1. The molecule has 4 heterocycles. The molecule has 31 heavy (non-hydrogen) atoms. The highest BCUT2D eigenvalue weighted by Gasteiger charge is 2.32. The van der Waals surface area contributed by atoms with Crippen LogP contribution in [0, 0.1) is 0 Å². The number of anilines is 1. The highest BCUT2D eigenvalue weighted by molar-refractivity contribution is 5.92. The number of H-pyrrole nitrogens is 1. The van der Waals surface area contributed by atoms with Crippen molar-refractivity contribution < 1.29 is 4.79 Å². The minimum atomic E-state index is -0.271. The number of piperazine rings is 1. The second kappa shape index (κ2) is 7.54. The molecule has 1 amide bonds. The molecule has 0 bridgehead atoms. The number of aromatic amines is 1. The van der Waals surface area contributed by atoms with Crippen molar-refractivity contribution in [2.75, 3.05) is 25.0 Å². The number of hydrogen-bond acceptors (Lipinski definition) is 5. The van der Waals surface area contributed by atoms with Gasteiger partial charge in [0.05, 0.1) is 11.7 Å². The first-order valence-electron chi connectivity index (χ1n) is 10.4. The van der Waals surface area contributed by atoms with E-state index in [4.69, 9.17) is 4.98 Å². The van der Waals surface area contributed by atoms with Gasteiger partial charge in [0.1, 0.15) is 23.1 Å². The molecule has 0 aliphatic carbocycles. The van der Waals surface area contributed by atoms with Crippen LogP contribution in [0.25, 0.3) is 22.3 Å². The molecule has 0 radical (unpaired) electrons. The lowest BCUT2D eigenvalue weighted by Crippen LogP contribution is -2.55. The van der Waals surface area contributed by atoms with E-state index in [2.05, 4.69) is 38.4 Å². The lowest BCUT2D eigenvalue weighted by atomic mass is 10.0. The first kappa shape index (κ1) is 19.3. The zero-order valence-electron chi connectivity index (χ0n) is 17.9. The first-order chi connectivity index (χ1) is 15.0. The van der Waals surface area contributed by atoms with E-state index in [-0.39, 0.29) is 11.9 Å². The smallest absolute Gasteiger partial charge is 0.244 e. The number of nitrogens with one attached hydrogen (secondary N) is 1. The molecule has 8 nitrogen and oxygen atoms in total. The van der Waals surface area contributed by atoms with Crippen LogP contribution in [0.4, 0.5) is 5.82 Å². The van der Waals surface area contributed by atoms with Crippen molar-refractivity contribution in [3.05, 3.63) is 59.9 Å². The predicted octanol–water partition coefficient (Wildman–Crippen LogP) is 2.62. The Balaban J connectivity index is 1.65. The molecule has 5 rings (SSSR count). The summed E-state index contributed by atoms with van der Waals surface area (Å²) in [4.78, 5) is 21.7. The van der Waals surface area contributed by atoms with Gasteiger partial charge in [0.25, 0.3) is 0 Å². The molecule has 1 saturated heterocycles. The Hall–Kier alpha value is -3.68. The van der Waals surface area contributed by atoms with Crippen molar-refractivity contribution in [1.82, 2.24) is 29.9 Å². The van der Waals surface area contributed by atoms with Gasteiger partial charge in [0, 0.05) is 50.9 Å². The highest BCUT2D eigenvalue weighted by atomic mass is 16.2. The second-order valence-electron chi connectivity index (χ2n) is 8.13. The molecular formula is C23H25N7O. The molecule has 3 aromatic heterocycles. The van der Waals surface area contributed by atoms with E-state index in [1.54, 1.807) is 15.8 Å². The largest absolute Gasteiger partial charge is 0.343 e. The average Bonchev–Trinajstić information content (AvgIpc) is 3.38. The maximum absolute atomic E-state index is 12.7. The Morgan fingerprint density at radius 2 is 1.97 bits per heavy atom. The van der Waals surface area contributed by atoms with Crippen LogP contribution >= 0.6 is 0 Å². The number of amides is 1. The summed E-state index contributed by atoms with van der Waals surface area (Å²) in [7, 11) is 3.74. The van der Waals surface area contributed by atoms with Crippen molar-refractivity contribution in [2.45, 2.75) is 19.4 Å². The van der Waals surface area contributed by atoms with Gasteiger partial charge >= 0.3 is 0 Å². The Kier molecular flexibility index (Phi) is 4.69. The standard InChI is InChI=1S/C23H25N7O/c1-15-23(31)28(2)9-10-30(15)22-17(11-16-7-5-4-6-8-16)12-19-21(25-22)20(27-26-19)18-13-24-29(3)14-18/h4-8,12-15H,9-11H2,1-3H3,(H,26,27). The summed E-state index contributed by atoms with van der Waals surface area (Å²) >= 11 is 0. The quantitative estimate of drug-likeness (QED) is 0.554. The molecule has 1 unspecified atom stereocenters. The van der Waals surface area contributed by atoms with Crippen LogP contribution in [0.3, 0.4) is 0 Å². The molecule has 8 heteroatoms. The number of pyridine rings is 1. The molecule has 1 aliphatic heterocycles. The van der Waals surface area contributed by atoms with Gasteiger partial charge in [-0.05, 0) is 18.6 Å². The number of fused-ring (bicyclic) bond motifs is 1. The van der Waals surface area contributed by atoms with Gasteiger partial charge in [-0.15, -0.1) is 0 Å². The van der Waals surface area contributed by atoms with E-state index in [1.807, 2.05) is 45.4 Å². The molecule has 4 aromatic rings. The number of carbonyl (C=O) groups excluding carboxylic acids is 1. The van der Waals surface area contributed by atoms with Gasteiger partial charge < -0.3 is 9.80 Å². The molecular weight excluding hydrogens is 390 g/mol. The number of carbonyl (C=O) groups is 1. The van der Waals surface area contributed by atoms with Crippen LogP contribution in [-0.2, 0) is 18.3 Å². The maximum Gasteiger partial charge on any atom is 0.244 e. The average molecular weight is 416 g/mol. The van der Waals surface area contributed by atoms with Gasteiger partial charge in [-0.1, -0.05) is 30.3 Å². The van der Waals surface area contributed by atoms with E-state index in [0.717, 1.165) is 46.6 Å². The fourth-order valence-corrected chi connectivity index (χ4v) is 4.22. The summed E-state index contributed by atoms with van der Waals surface area (Å²) < 4.78 is 1.75. The molecule has 158 valence electrons. The summed E-state index contributed by atoms with van der Waals surface area (Å²) in [5.74, 6) is 0.954. The Bertz CT molecular complexity index is 1240. The normalized spacial score (nSPS) is 17.0. The highest BCUT2D eigenvalue weighted by Crippen LogP contribution is 2.32. The third-order valence-corrected chi connectivity index (χ3v) is 5.96. The summed E-state index contributed by atoms with van der Waals surface area (Å²) in [6.45, 7) is 3.37. The first-order valence-corrected chi connectivity index (χ1v) is 10.4. The molecule has 1 aromatic carbocycles. The molecule has 1 atom stereocenters. The van der Waals surface area contributed by atoms with Crippen LogP contribution in [0.15, 0.2) is 48.8 Å². The number of likely N-dealkylation sites (N-methyl/N-ethyl adjacent to an activating group) is 1. The lowest BCUT2D eigenvalue weighted by Gasteiger charge is -2.39. The van der Waals surface area contributed by atoms with E-state index in [0.29, 0.717) is 6.54 Å². The van der Waals surface area contributed by atoms with Gasteiger partial charge in [-0.2, -0.15) is 10.2 Å². The Morgan fingerprint density at radius 1 is 1.16 bits per heavy atom. The number of nitrogens with zero attached hydrogens (tertiary/aromatic N) is 6. The fraction of sp³-hybridized carbons (Fsp3) is 0.304. The van der Waals surface area contributed by atoms with E-state index >= 15 is 0 Å². The van der Waals surface area contributed by atoms with Crippen molar-refractivity contribution in [2.24, 2.45) is 7.05 Å². The van der Waals surface area contributed by atoms with Crippen LogP contribution < -0.4 is 4.90 Å². The van der Waals surface area contributed by atoms with Crippen LogP contribution in [0.2, 0.25) is 0 Å². The van der Waals surface area contributed by atoms with E-state index < -0.39 is 0 Å². The number of rotatable bonds is 4. The summed E-state index contributed by atoms with van der Waals surface area (Å²) in [5, 5.41) is 11.9. The van der Waals surface area contributed by atoms with Crippen molar-refractivity contribution in [3.8, 4) is 11.3 Å². The third-order valence-electron chi connectivity index (χ3n) is 5.96. The van der Waals surface area contributed by atoms with Crippen molar-refractivity contribution in [1.29, 1.82) is 0 Å². The second-order valence-corrected chi connectivity index (χ2v) is 8.13. The predicted molar refractivity (Wildman–Crippen MR) is 120 cm³/mol. The molecule has 0 spiro atoms.